The van der Waals surface area contributed by atoms with E-state index in [9.17, 15) is 27.1 Å². The van der Waals surface area contributed by atoms with Crippen molar-refractivity contribution < 1.29 is 27.1 Å². The maximum absolute atomic E-state index is 14.0. The number of amides is 1. The van der Waals surface area contributed by atoms with E-state index in [0.717, 1.165) is 25.3 Å². The monoisotopic (exact) mass is 658 g/mol. The Balaban J connectivity index is 0.00000675. The highest BCUT2D eigenvalue weighted by Gasteiger charge is 2.29. The van der Waals surface area contributed by atoms with E-state index in [0.29, 0.717) is 48.8 Å². The number of aliphatic hydroxyl groups excluding tert-OH is 1. The van der Waals surface area contributed by atoms with Crippen LogP contribution in [-0.2, 0) is 16.4 Å². The fourth-order valence-corrected chi connectivity index (χ4v) is 6.98. The van der Waals surface area contributed by atoms with Crippen molar-refractivity contribution in [3.05, 3.63) is 59.2 Å². The maximum Gasteiger partial charge on any atom is 0.251 e. The van der Waals surface area contributed by atoms with Crippen molar-refractivity contribution in [1.82, 2.24) is 10.6 Å². The van der Waals surface area contributed by atoms with Gasteiger partial charge in [-0.25, -0.2) is 17.2 Å². The van der Waals surface area contributed by atoms with E-state index in [1.807, 2.05) is 6.92 Å². The van der Waals surface area contributed by atoms with Gasteiger partial charge in [0.25, 0.3) is 5.91 Å². The zero-order valence-corrected chi connectivity index (χ0v) is 28.1. The third-order valence-electron chi connectivity index (χ3n) is 7.73. The van der Waals surface area contributed by atoms with Crippen LogP contribution in [0.2, 0.25) is 0 Å². The average molecular weight is 659 g/mol. The first-order chi connectivity index (χ1) is 20.2. The van der Waals surface area contributed by atoms with Crippen molar-refractivity contribution in [2.75, 3.05) is 35.0 Å². The summed E-state index contributed by atoms with van der Waals surface area (Å²) in [5.74, 6) is -1.39. The minimum atomic E-state index is -3.51. The highest BCUT2D eigenvalue weighted by Crippen LogP contribution is 2.28. The topological polar surface area (TPSA) is 111 Å². The lowest BCUT2D eigenvalue weighted by molar-refractivity contribution is 0.0811. The molecule has 0 saturated carbocycles. The molecule has 1 saturated heterocycles. The molecule has 0 unspecified atom stereocenters. The van der Waals surface area contributed by atoms with E-state index < -0.39 is 39.7 Å². The summed E-state index contributed by atoms with van der Waals surface area (Å²) in [5, 5.41) is 20.7. The van der Waals surface area contributed by atoms with Crippen molar-refractivity contribution in [1.29, 1.82) is 0 Å². The van der Waals surface area contributed by atoms with E-state index >= 15 is 0 Å². The number of carbonyl (C=O) groups excluding carboxylic acids is 1. The quantitative estimate of drug-likeness (QED) is 0.197. The number of hydrogen-bond donors (Lipinski definition) is 4. The Hall–Kier alpha value is -2.47. The molecule has 2 aromatic carbocycles. The zero-order chi connectivity index (χ0) is 31.8. The number of halogens is 3. The van der Waals surface area contributed by atoms with Gasteiger partial charge in [0.2, 0.25) is 10.0 Å². The van der Waals surface area contributed by atoms with Gasteiger partial charge in [-0.05, 0) is 88.3 Å². The Morgan fingerprint density at radius 2 is 1.75 bits per heavy atom. The van der Waals surface area contributed by atoms with E-state index in [2.05, 4.69) is 43.6 Å². The van der Waals surface area contributed by atoms with Crippen LogP contribution in [0.3, 0.4) is 0 Å². The van der Waals surface area contributed by atoms with Crippen molar-refractivity contribution >= 4 is 39.7 Å². The van der Waals surface area contributed by atoms with Crippen molar-refractivity contribution in [2.24, 2.45) is 5.92 Å². The van der Waals surface area contributed by atoms with Gasteiger partial charge in [0, 0.05) is 42.5 Å². The second-order valence-corrected chi connectivity index (χ2v) is 14.6. The van der Waals surface area contributed by atoms with E-state index in [4.69, 9.17) is 0 Å². The van der Waals surface area contributed by atoms with Gasteiger partial charge in [0.15, 0.2) is 0 Å². The predicted octanol–water partition coefficient (Wildman–Crippen LogP) is 5.64. The second kappa shape index (κ2) is 16.7. The van der Waals surface area contributed by atoms with Crippen LogP contribution in [0, 0.1) is 17.6 Å². The van der Waals surface area contributed by atoms with Gasteiger partial charge < -0.3 is 21.1 Å². The molecule has 2 aromatic rings. The van der Waals surface area contributed by atoms with Gasteiger partial charge >= 0.3 is 0 Å². The molecule has 1 heterocycles. The Kier molecular flexibility index (Phi) is 14.3. The summed E-state index contributed by atoms with van der Waals surface area (Å²) in [6.45, 7) is 11.4. The highest BCUT2D eigenvalue weighted by molar-refractivity contribution is 7.92. The molecule has 3 rings (SSSR count). The van der Waals surface area contributed by atoms with Gasteiger partial charge in [-0.15, -0.1) is 12.4 Å². The second-order valence-electron chi connectivity index (χ2n) is 12.6. The summed E-state index contributed by atoms with van der Waals surface area (Å²) >= 11 is 0. The van der Waals surface area contributed by atoms with Crippen LogP contribution in [0.4, 0.5) is 20.2 Å². The number of nitrogens with zero attached hydrogens (tertiary/aromatic N) is 1. The molecule has 1 aliphatic heterocycles. The summed E-state index contributed by atoms with van der Waals surface area (Å²) in [6, 6.07) is 7.11. The highest BCUT2D eigenvalue weighted by atomic mass is 35.5. The molecule has 0 spiro atoms. The minimum absolute atomic E-state index is 0. The SMILES string of the molecule is CCNc1cc(C(=O)N[C@@H](Cc2cc(F)cc(F)c2)[C@H](O)CNC(C)(C)CCCC(C)C)cc(N2CCCCS2(=O)=O)c1.Cl. The van der Waals surface area contributed by atoms with Crippen LogP contribution in [0.15, 0.2) is 36.4 Å². The number of hydrogen-bond acceptors (Lipinski definition) is 6. The fraction of sp³-hybridized carbons (Fsp3) is 0.594. The van der Waals surface area contributed by atoms with Gasteiger partial charge in [-0.3, -0.25) is 9.10 Å². The number of aliphatic hydroxyl groups is 1. The van der Waals surface area contributed by atoms with Crippen LogP contribution in [0.25, 0.3) is 0 Å². The van der Waals surface area contributed by atoms with E-state index in [-0.39, 0.29) is 42.2 Å². The van der Waals surface area contributed by atoms with Gasteiger partial charge in [0.1, 0.15) is 11.6 Å². The van der Waals surface area contributed by atoms with Crippen LogP contribution in [0.1, 0.15) is 82.6 Å². The number of benzene rings is 2. The standard InChI is InChI=1S/C32H48F2N4O4S.ClH/c1-6-35-27-17-24(18-28(20-27)38-12-7-8-13-43(38,41)42)31(40)37-29(16-23-14-25(33)19-26(34)15-23)30(39)21-36-32(4,5)11-9-10-22(2)3;/h14-15,17-20,22,29-30,35-36,39H,6-13,16,21H2,1-5H3,(H,37,40);1H/t29-,30+;/m0./s1. The first-order valence-corrected chi connectivity index (χ1v) is 16.9. The summed E-state index contributed by atoms with van der Waals surface area (Å²) < 4.78 is 55.0. The normalized spacial score (nSPS) is 16.2. The molecule has 1 amide bonds. The Bertz CT molecular complexity index is 1320. The summed E-state index contributed by atoms with van der Waals surface area (Å²) in [6.07, 6.45) is 3.20. The van der Waals surface area contributed by atoms with E-state index in [1.54, 1.807) is 12.1 Å². The molecule has 12 heteroatoms. The van der Waals surface area contributed by atoms with Crippen molar-refractivity contribution in [3.8, 4) is 0 Å². The molecule has 8 nitrogen and oxygen atoms in total. The average Bonchev–Trinajstić information content (AvgIpc) is 2.90. The first kappa shape index (κ1) is 37.7. The predicted molar refractivity (Wildman–Crippen MR) is 176 cm³/mol. The third kappa shape index (κ3) is 11.5. The lowest BCUT2D eigenvalue weighted by Gasteiger charge is -2.31. The van der Waals surface area contributed by atoms with Gasteiger partial charge in [-0.2, -0.15) is 0 Å². The van der Waals surface area contributed by atoms with Crippen LogP contribution >= 0.6 is 12.4 Å². The first-order valence-electron chi connectivity index (χ1n) is 15.3. The molecule has 2 atom stereocenters. The van der Waals surface area contributed by atoms with Crippen LogP contribution in [-0.4, -0.2) is 62.5 Å². The Labute approximate surface area is 267 Å². The van der Waals surface area contributed by atoms with Gasteiger partial charge in [0.05, 0.1) is 23.6 Å². The number of nitrogens with one attached hydrogen (secondary N) is 3. The molecule has 0 aromatic heterocycles. The van der Waals surface area contributed by atoms with Crippen molar-refractivity contribution in [2.45, 2.75) is 90.8 Å². The number of β-amino-alcohol motifs (C(OH)–C–C–N with tert-alkyl or cyclic N) is 1. The molecule has 0 bridgehead atoms. The third-order valence-corrected chi connectivity index (χ3v) is 9.60. The van der Waals surface area contributed by atoms with Crippen LogP contribution in [0.5, 0.6) is 0 Å². The number of rotatable bonds is 15. The van der Waals surface area contributed by atoms with Crippen molar-refractivity contribution in [3.63, 3.8) is 0 Å². The molecule has 4 N–H and O–H groups in total. The maximum atomic E-state index is 14.0. The molecule has 1 aliphatic rings. The van der Waals surface area contributed by atoms with Gasteiger partial charge in [-0.1, -0.05) is 26.7 Å². The number of anilines is 2. The van der Waals surface area contributed by atoms with E-state index in [1.165, 1.54) is 22.5 Å². The summed E-state index contributed by atoms with van der Waals surface area (Å²) in [4.78, 5) is 13.7. The van der Waals surface area contributed by atoms with Crippen LogP contribution < -0.4 is 20.3 Å². The molecule has 0 aliphatic carbocycles. The Morgan fingerprint density at radius 1 is 1.07 bits per heavy atom. The summed E-state index contributed by atoms with van der Waals surface area (Å²) in [5.41, 5.74) is 1.19. The fourth-order valence-electron chi connectivity index (χ4n) is 5.35. The molecule has 44 heavy (non-hydrogen) atoms. The minimum Gasteiger partial charge on any atom is -0.390 e. The molecule has 248 valence electrons. The molecule has 0 radical (unpaired) electrons. The molecular formula is C32H49ClF2N4O4S. The smallest absolute Gasteiger partial charge is 0.251 e. The lowest BCUT2D eigenvalue weighted by atomic mass is 9.93. The number of carbonyl (C=O) groups is 1. The lowest BCUT2D eigenvalue weighted by Crippen LogP contribution is -2.52. The largest absolute Gasteiger partial charge is 0.390 e. The Morgan fingerprint density at radius 3 is 2.36 bits per heavy atom. The number of sulfonamides is 1. The summed E-state index contributed by atoms with van der Waals surface area (Å²) in [7, 11) is -3.51. The molecular weight excluding hydrogens is 610 g/mol. The molecule has 1 fully saturated rings. The zero-order valence-electron chi connectivity index (χ0n) is 26.5.